The van der Waals surface area contributed by atoms with Crippen LogP contribution in [-0.4, -0.2) is 154 Å². The lowest BCUT2D eigenvalue weighted by Crippen LogP contribution is -2.47. The van der Waals surface area contributed by atoms with Crippen molar-refractivity contribution in [2.24, 2.45) is 0 Å². The number of phosphoric ester groups is 2. The zero-order valence-electron chi connectivity index (χ0n) is 39.3. The van der Waals surface area contributed by atoms with Crippen LogP contribution in [0.4, 0.5) is 22.1 Å². The van der Waals surface area contributed by atoms with Gasteiger partial charge in [-0.05, 0) is 18.6 Å². The number of phosphoric acid groups is 2. The fourth-order valence-corrected chi connectivity index (χ4v) is 8.65. The number of hydroxylamine groups is 2. The maximum atomic E-state index is 14.1. The number of imidazole rings is 1. The van der Waals surface area contributed by atoms with E-state index >= 15 is 0 Å². The Kier molecular flexibility index (Phi) is 18.7. The molecule has 2 unspecified atom stereocenters. The summed E-state index contributed by atoms with van der Waals surface area (Å²) in [4.78, 5) is 115. The number of anilines is 2. The van der Waals surface area contributed by atoms with Crippen molar-refractivity contribution in [1.29, 1.82) is 0 Å². The molecule has 9 atom stereocenters. The molecule has 74 heavy (non-hydrogen) atoms. The second-order valence-corrected chi connectivity index (χ2v) is 18.5. The number of nitro groups is 1. The maximum Gasteiger partial charge on any atom is 0.472 e. The van der Waals surface area contributed by atoms with E-state index in [1.54, 1.807) is 0 Å². The summed E-state index contributed by atoms with van der Waals surface area (Å²) in [5.41, 5.74) is 10.3. The number of amides is 2. The second kappa shape index (κ2) is 24.5. The lowest BCUT2D eigenvalue weighted by Gasteiger charge is -2.26. The summed E-state index contributed by atoms with van der Waals surface area (Å²) in [5, 5.41) is 26.6. The van der Waals surface area contributed by atoms with E-state index in [0.717, 1.165) is 24.0 Å². The van der Waals surface area contributed by atoms with E-state index < -0.39 is 138 Å². The van der Waals surface area contributed by atoms with E-state index in [1.807, 2.05) is 0 Å². The van der Waals surface area contributed by atoms with Gasteiger partial charge in [0.05, 0.1) is 56.9 Å². The van der Waals surface area contributed by atoms with Gasteiger partial charge in [-0.15, -0.1) is 6.58 Å². The van der Waals surface area contributed by atoms with Crippen LogP contribution in [0.25, 0.3) is 11.2 Å². The Morgan fingerprint density at radius 2 is 1.78 bits per heavy atom. The number of hydrogen-bond donors (Lipinski definition) is 7. The van der Waals surface area contributed by atoms with Gasteiger partial charge in [0, 0.05) is 32.5 Å². The number of methoxy groups -OCH3 is 2. The fourth-order valence-electron chi connectivity index (χ4n) is 7.35. The number of hydrogen-bond acceptors (Lipinski definition) is 25. The molecule has 2 aliphatic heterocycles. The average Bonchev–Trinajstić information content (AvgIpc) is 4.05. The lowest BCUT2D eigenvalue weighted by atomic mass is 10.1. The number of carbonyl (C=O) groups is 3. The van der Waals surface area contributed by atoms with Gasteiger partial charge in [-0.2, -0.15) is 10.0 Å². The summed E-state index contributed by atoms with van der Waals surface area (Å²) < 4.78 is 75.6. The Balaban J connectivity index is 1.18. The summed E-state index contributed by atoms with van der Waals surface area (Å²) in [6, 6.07) is 2.00. The van der Waals surface area contributed by atoms with Gasteiger partial charge in [0.2, 0.25) is 5.91 Å². The minimum absolute atomic E-state index is 0.0354. The summed E-state index contributed by atoms with van der Waals surface area (Å²) in [7, 11) is -6.75. The number of allylic oxidation sites excluding steroid dienone is 1. The Bertz CT molecular complexity index is 2850. The molecule has 6 rings (SSSR count). The SMILES string of the molecule is C=CCCC(=O)NC(CCON(C)C(=O)OCc1cc(OC)c(OC)cc1[N+](=O)[O-])C(=O)O[C@H]1[C@@H](O)[C@H](n2cnc3c(N)ncnc32)O[C@@H]1COP(=O)(O)O[C@H]1C[C@H](n2ccc(N)nc2=O)O[C@@H]1COP(=O)(O)O. The molecule has 2 amide bonds. The van der Waals surface area contributed by atoms with Gasteiger partial charge in [0.25, 0.3) is 5.69 Å². The van der Waals surface area contributed by atoms with Gasteiger partial charge in [-0.25, -0.2) is 38.5 Å². The molecule has 0 bridgehead atoms. The normalized spacial score (nSPS) is 21.9. The third-order valence-electron chi connectivity index (χ3n) is 10.9. The molecule has 0 radical (unpaired) electrons. The molecule has 3 aromatic heterocycles. The quantitative estimate of drug-likeness (QED) is 0.0154. The Labute approximate surface area is 417 Å². The van der Waals surface area contributed by atoms with Crippen LogP contribution in [0.2, 0.25) is 0 Å². The van der Waals surface area contributed by atoms with E-state index in [4.69, 9.17) is 53.8 Å². The molecular formula is C39H51N11O22P2. The Morgan fingerprint density at radius 1 is 1.07 bits per heavy atom. The van der Waals surface area contributed by atoms with Crippen molar-refractivity contribution >= 4 is 62.1 Å². The van der Waals surface area contributed by atoms with Crippen LogP contribution >= 0.6 is 15.6 Å². The van der Waals surface area contributed by atoms with Gasteiger partial charge >= 0.3 is 33.4 Å². The van der Waals surface area contributed by atoms with Crippen LogP contribution in [0, 0.1) is 10.1 Å². The first-order chi connectivity index (χ1) is 35.0. The standard InChI is InChI=1S/C39H51N11O22P2/c1-5-6-7-29(51)45-21(9-11-66-47(2)39(55)65-15-20-12-23(63-3)24(64-4)13-22(20)50(56)57)37(53)71-33-27(70-36(32(33)52)49-19-44-31-34(41)42-18-43-35(31)49)17-68-74(61,62)72-25-14-30(48-10-8-28(40)46-38(48)54)69-26(25)16-67-73(58,59)60/h5,8,10,12-13,18-19,21,25-27,30,32-33,36,52H,1,6-7,9,11,14-17H2,2-4H3,(H,45,51)(H,61,62)(H2,40,46,54)(H2,41,42,43)(H2,58,59,60)/t21?,25-,26+,27+,30+,32+,33+,36+/m0/s1. The molecule has 0 saturated carbocycles. The van der Waals surface area contributed by atoms with Crippen molar-refractivity contribution in [3.05, 3.63) is 75.9 Å². The van der Waals surface area contributed by atoms with Crippen LogP contribution < -0.4 is 31.9 Å². The number of aliphatic hydroxyl groups excluding tert-OH is 1. The first-order valence-electron chi connectivity index (χ1n) is 21.7. The number of benzene rings is 1. The van der Waals surface area contributed by atoms with E-state index in [9.17, 15) is 58.2 Å². The number of nitrogen functional groups attached to an aromatic ring is 2. The zero-order valence-corrected chi connectivity index (χ0v) is 41.1. The second-order valence-electron chi connectivity index (χ2n) is 15.9. The molecule has 2 fully saturated rings. The van der Waals surface area contributed by atoms with Gasteiger partial charge in [0.1, 0.15) is 61.0 Å². The van der Waals surface area contributed by atoms with E-state index in [-0.39, 0.29) is 52.7 Å². The van der Waals surface area contributed by atoms with E-state index in [2.05, 4.69) is 36.4 Å². The van der Waals surface area contributed by atoms with Crippen LogP contribution in [-0.2, 0) is 62.7 Å². The number of fused-ring (bicyclic) bond motifs is 1. The highest BCUT2D eigenvalue weighted by Crippen LogP contribution is 2.50. The van der Waals surface area contributed by atoms with E-state index in [1.165, 1.54) is 49.5 Å². The van der Waals surface area contributed by atoms with Crippen molar-refractivity contribution < 1.29 is 95.1 Å². The summed E-state index contributed by atoms with van der Waals surface area (Å²) >= 11 is 0. The average molecular weight is 1090 g/mol. The minimum Gasteiger partial charge on any atom is -0.493 e. The highest BCUT2D eigenvalue weighted by atomic mass is 31.2. The Morgan fingerprint density at radius 3 is 2.46 bits per heavy atom. The predicted molar refractivity (Wildman–Crippen MR) is 246 cm³/mol. The highest BCUT2D eigenvalue weighted by molar-refractivity contribution is 7.47. The van der Waals surface area contributed by atoms with Crippen molar-refractivity contribution in [3.63, 3.8) is 0 Å². The molecule has 4 aromatic rings. The number of esters is 1. The molecule has 5 heterocycles. The molecule has 33 nitrogen and oxygen atoms in total. The van der Waals surface area contributed by atoms with Crippen molar-refractivity contribution in [2.75, 3.05) is 52.6 Å². The van der Waals surface area contributed by atoms with Crippen molar-refractivity contribution in [3.8, 4) is 11.5 Å². The summed E-state index contributed by atoms with van der Waals surface area (Å²) in [6.07, 6.45) is -8.21. The third kappa shape index (κ3) is 14.3. The van der Waals surface area contributed by atoms with Gasteiger partial charge in [-0.3, -0.25) is 42.5 Å². The van der Waals surface area contributed by atoms with Crippen LogP contribution in [0.15, 0.2) is 54.5 Å². The maximum absolute atomic E-state index is 14.1. The number of ether oxygens (including phenoxy) is 6. The topological polar surface area (TPSA) is 448 Å². The number of nitrogens with one attached hydrogen (secondary N) is 1. The number of nitrogens with two attached hydrogens (primary N) is 2. The smallest absolute Gasteiger partial charge is 0.472 e. The monoisotopic (exact) mass is 1090 g/mol. The fraction of sp³-hybridized carbons (Fsp3) is 0.487. The number of aliphatic hydroxyl groups is 1. The summed E-state index contributed by atoms with van der Waals surface area (Å²) in [5.74, 6) is -1.91. The zero-order chi connectivity index (χ0) is 54.1. The van der Waals surface area contributed by atoms with E-state index in [0.29, 0.717) is 5.06 Å². The molecule has 0 aliphatic carbocycles. The molecule has 404 valence electrons. The molecule has 9 N–H and O–H groups in total. The number of aromatic nitrogens is 6. The largest absolute Gasteiger partial charge is 0.493 e. The predicted octanol–water partition coefficient (Wildman–Crippen LogP) is 0.283. The molecule has 0 spiro atoms. The molecule has 1 aromatic carbocycles. The summed E-state index contributed by atoms with van der Waals surface area (Å²) in [6.45, 7) is 0.562. The molecule has 2 saturated heterocycles. The third-order valence-corrected chi connectivity index (χ3v) is 12.4. The van der Waals surface area contributed by atoms with Crippen LogP contribution in [0.3, 0.4) is 0 Å². The molecular weight excluding hydrogens is 1040 g/mol. The number of rotatable bonds is 25. The number of nitro benzene ring substituents is 1. The van der Waals surface area contributed by atoms with Gasteiger partial charge < -0.3 is 65.0 Å². The lowest BCUT2D eigenvalue weighted by molar-refractivity contribution is -0.385. The Hall–Kier alpha value is -6.74. The van der Waals surface area contributed by atoms with Crippen LogP contribution in [0.5, 0.6) is 11.5 Å². The van der Waals surface area contributed by atoms with Crippen molar-refractivity contribution in [2.45, 2.75) is 81.3 Å². The van der Waals surface area contributed by atoms with Crippen molar-refractivity contribution in [1.82, 2.24) is 39.5 Å². The minimum atomic E-state index is -5.33. The first kappa shape index (κ1) is 56.6. The molecule has 2 aliphatic rings. The van der Waals surface area contributed by atoms with Gasteiger partial charge in [-0.1, -0.05) is 6.08 Å². The first-order valence-corrected chi connectivity index (χ1v) is 24.7. The number of nitrogens with zero attached hydrogens (tertiary/aromatic N) is 8. The van der Waals surface area contributed by atoms with Gasteiger partial charge in [0.15, 0.2) is 35.3 Å². The highest BCUT2D eigenvalue weighted by Gasteiger charge is 2.50. The number of carbonyl (C=O) groups excluding carboxylic acids is 3. The molecule has 35 heteroatoms. The van der Waals surface area contributed by atoms with Crippen LogP contribution in [0.1, 0.15) is 43.7 Å².